The van der Waals surface area contributed by atoms with Gasteiger partial charge in [-0.2, -0.15) is 0 Å². The molecule has 3 rings (SSSR count). The van der Waals surface area contributed by atoms with Crippen molar-refractivity contribution in [3.63, 3.8) is 0 Å². The molecule has 1 spiro atoms. The molecule has 1 saturated carbocycles. The number of ether oxygens (including phenoxy) is 1. The van der Waals surface area contributed by atoms with Crippen LogP contribution in [-0.2, 0) is 9.53 Å². The third kappa shape index (κ3) is 1.53. The van der Waals surface area contributed by atoms with Crippen molar-refractivity contribution in [3.8, 4) is 0 Å². The molecule has 0 unspecified atom stereocenters. The fourth-order valence-electron chi connectivity index (χ4n) is 3.68. The second-order valence-corrected chi connectivity index (χ2v) is 5.97. The Labute approximate surface area is 119 Å². The van der Waals surface area contributed by atoms with E-state index in [-0.39, 0.29) is 6.42 Å². The Morgan fingerprint density at radius 3 is 2.67 bits per heavy atom. The molecule has 2 bridgehead atoms. The van der Waals surface area contributed by atoms with Gasteiger partial charge in [0.05, 0.1) is 0 Å². The Morgan fingerprint density at radius 2 is 2.05 bits per heavy atom. The highest BCUT2D eigenvalue weighted by atomic mass is 16.6. The first-order valence-corrected chi connectivity index (χ1v) is 6.43. The molecule has 7 N–H and O–H groups in total. The number of rotatable bonds is 0. The van der Waals surface area contributed by atoms with E-state index in [4.69, 9.17) is 10.5 Å². The molecule has 0 radical (unpaired) electrons. The Hall–Kier alpha value is -1.46. The van der Waals surface area contributed by atoms with Crippen molar-refractivity contribution in [2.75, 3.05) is 0 Å². The Bertz CT molecular complexity index is 524. The molecule has 0 aromatic rings. The zero-order valence-corrected chi connectivity index (χ0v) is 11.1. The van der Waals surface area contributed by atoms with Crippen LogP contribution in [0.5, 0.6) is 0 Å². The van der Waals surface area contributed by atoms with Crippen LogP contribution >= 0.6 is 0 Å². The summed E-state index contributed by atoms with van der Waals surface area (Å²) in [4.78, 5) is 15.4. The van der Waals surface area contributed by atoms with Crippen LogP contribution in [0.2, 0.25) is 0 Å². The third-order valence-corrected chi connectivity index (χ3v) is 4.71. The number of carbonyl (C=O) groups excluding carboxylic acids is 1. The molecule has 1 aliphatic carbocycles. The average molecular weight is 303 g/mol. The van der Waals surface area contributed by atoms with Gasteiger partial charge in [0.25, 0.3) is 0 Å². The third-order valence-electron chi connectivity index (χ3n) is 4.71. The summed E-state index contributed by atoms with van der Waals surface area (Å²) in [5.41, 5.74) is 1.79. The first-order chi connectivity index (χ1) is 9.64. The number of aliphatic hydroxyl groups excluding tert-OH is 3. The number of nitrogens with two attached hydrogens (primary N) is 1. The summed E-state index contributed by atoms with van der Waals surface area (Å²) in [6.45, 7) is 1.33. The molecule has 0 aromatic carbocycles. The van der Waals surface area contributed by atoms with Crippen molar-refractivity contribution < 1.29 is 35.2 Å². The van der Waals surface area contributed by atoms with Crippen molar-refractivity contribution in [2.45, 2.75) is 49.0 Å². The number of guanidine groups is 1. The van der Waals surface area contributed by atoms with Gasteiger partial charge in [0.15, 0.2) is 18.4 Å². The number of aliphatic imine (C=N–C) groups is 1. The number of aliphatic hydroxyl groups is 4. The first kappa shape index (κ1) is 14.5. The average Bonchev–Trinajstić information content (AvgIpc) is 2.38. The largest absolute Gasteiger partial charge is 0.454 e. The normalized spacial score (nSPS) is 52.9. The first-order valence-electron chi connectivity index (χ1n) is 6.43. The quantitative estimate of drug-likeness (QED) is 0.248. The highest BCUT2D eigenvalue weighted by Crippen LogP contribution is 2.51. The molecule has 118 valence electrons. The van der Waals surface area contributed by atoms with Gasteiger partial charge in [-0.3, -0.25) is 5.21 Å². The van der Waals surface area contributed by atoms with Crippen LogP contribution in [0, 0.1) is 5.92 Å². The molecule has 10 nitrogen and oxygen atoms in total. The number of hydroxylamine groups is 2. The topological polar surface area (TPSA) is 169 Å². The molecule has 3 aliphatic rings. The minimum Gasteiger partial charge on any atom is -0.454 e. The van der Waals surface area contributed by atoms with Gasteiger partial charge in [-0.15, -0.1) is 0 Å². The zero-order valence-electron chi connectivity index (χ0n) is 11.1. The van der Waals surface area contributed by atoms with E-state index < -0.39 is 53.5 Å². The zero-order chi connectivity index (χ0) is 15.7. The maximum absolute atomic E-state index is 11.9. The number of hydrogen-bond donors (Lipinski definition) is 6. The monoisotopic (exact) mass is 303 g/mol. The van der Waals surface area contributed by atoms with Crippen LogP contribution in [0.15, 0.2) is 4.99 Å². The highest BCUT2D eigenvalue weighted by Gasteiger charge is 2.73. The fraction of sp³-hybridized carbons (Fsp3) is 0.818. The van der Waals surface area contributed by atoms with E-state index in [1.807, 2.05) is 0 Å². The lowest BCUT2D eigenvalue weighted by atomic mass is 9.59. The number of esters is 1. The van der Waals surface area contributed by atoms with E-state index >= 15 is 0 Å². The van der Waals surface area contributed by atoms with E-state index in [1.54, 1.807) is 0 Å². The molecule has 0 aromatic heterocycles. The molecule has 2 aliphatic heterocycles. The van der Waals surface area contributed by atoms with Gasteiger partial charge in [0.2, 0.25) is 5.96 Å². The molecule has 1 saturated heterocycles. The molecule has 0 amide bonds. The maximum Gasteiger partial charge on any atom is 0.338 e. The van der Waals surface area contributed by atoms with Gasteiger partial charge in [0.1, 0.15) is 17.2 Å². The lowest BCUT2D eigenvalue weighted by Gasteiger charge is -2.62. The molecule has 7 atom stereocenters. The van der Waals surface area contributed by atoms with Crippen LogP contribution in [0.3, 0.4) is 0 Å². The minimum atomic E-state index is -2.02. The summed E-state index contributed by atoms with van der Waals surface area (Å²) in [6, 6.07) is 0. The molecular weight excluding hydrogens is 286 g/mol. The maximum atomic E-state index is 11.9. The molecular formula is C11H17N3O7. The highest BCUT2D eigenvalue weighted by molar-refractivity contribution is 5.84. The smallest absolute Gasteiger partial charge is 0.338 e. The van der Waals surface area contributed by atoms with E-state index in [1.165, 1.54) is 6.92 Å². The van der Waals surface area contributed by atoms with Crippen LogP contribution in [-0.4, -0.2) is 78.3 Å². The van der Waals surface area contributed by atoms with Crippen LogP contribution < -0.4 is 5.73 Å². The van der Waals surface area contributed by atoms with Gasteiger partial charge >= 0.3 is 5.97 Å². The standard InChI is InChI=1S/C11H17N3O7/c1-10(19)2-3-7(17)13-9(12)14(20)11(3)4(15)6(10)21-8(18)5(11)16/h3-7,15-17,19-20H,2H2,1H3,(H2,12,13)/t3-,4+,5+,6+,7-,10+,11-/m1/s1. The van der Waals surface area contributed by atoms with Gasteiger partial charge in [-0.05, 0) is 13.3 Å². The van der Waals surface area contributed by atoms with Crippen LogP contribution in [0.4, 0.5) is 0 Å². The summed E-state index contributed by atoms with van der Waals surface area (Å²) >= 11 is 0. The Balaban J connectivity index is 2.22. The van der Waals surface area contributed by atoms with Gasteiger partial charge in [0, 0.05) is 5.92 Å². The summed E-state index contributed by atoms with van der Waals surface area (Å²) in [6.07, 6.45) is -6.69. The van der Waals surface area contributed by atoms with E-state index in [0.29, 0.717) is 5.06 Å². The van der Waals surface area contributed by atoms with E-state index in [0.717, 1.165) is 0 Å². The van der Waals surface area contributed by atoms with E-state index in [2.05, 4.69) is 4.99 Å². The van der Waals surface area contributed by atoms with Crippen molar-refractivity contribution in [2.24, 2.45) is 16.6 Å². The molecule has 2 fully saturated rings. The lowest BCUT2D eigenvalue weighted by molar-refractivity contribution is -0.322. The second-order valence-electron chi connectivity index (χ2n) is 5.97. The number of nitrogens with zero attached hydrogens (tertiary/aromatic N) is 2. The predicted octanol–water partition coefficient (Wildman–Crippen LogP) is -3.52. The summed E-state index contributed by atoms with van der Waals surface area (Å²) in [5.74, 6) is -2.80. The van der Waals surface area contributed by atoms with Crippen molar-refractivity contribution in [1.29, 1.82) is 0 Å². The van der Waals surface area contributed by atoms with Crippen molar-refractivity contribution in [1.82, 2.24) is 5.06 Å². The van der Waals surface area contributed by atoms with E-state index in [9.17, 15) is 30.4 Å². The van der Waals surface area contributed by atoms with Gasteiger partial charge in [-0.1, -0.05) is 0 Å². The summed E-state index contributed by atoms with van der Waals surface area (Å²) in [5, 5.41) is 51.6. The second kappa shape index (κ2) is 4.05. The van der Waals surface area contributed by atoms with Gasteiger partial charge in [-0.25, -0.2) is 14.9 Å². The van der Waals surface area contributed by atoms with Crippen LogP contribution in [0.1, 0.15) is 13.3 Å². The summed E-state index contributed by atoms with van der Waals surface area (Å²) < 4.78 is 4.87. The Kier molecular flexibility index (Phi) is 2.79. The summed E-state index contributed by atoms with van der Waals surface area (Å²) in [7, 11) is 0. The molecule has 10 heteroatoms. The van der Waals surface area contributed by atoms with Crippen LogP contribution in [0.25, 0.3) is 0 Å². The number of hydrogen-bond acceptors (Lipinski definition) is 10. The fourth-order valence-corrected chi connectivity index (χ4v) is 3.68. The lowest BCUT2D eigenvalue weighted by Crippen LogP contribution is -2.84. The molecule has 21 heavy (non-hydrogen) atoms. The SMILES string of the molecule is C[C@]1(O)C[C@@H]2[C@@H](O)N=C(N)N(O)[C@]23[C@@H](O)C(=O)O[C@H]1[C@@H]3O. The van der Waals surface area contributed by atoms with Crippen molar-refractivity contribution >= 4 is 11.9 Å². The minimum absolute atomic E-state index is 0.173. The predicted molar refractivity (Wildman–Crippen MR) is 64.6 cm³/mol. The Morgan fingerprint density at radius 1 is 1.43 bits per heavy atom. The molecule has 2 heterocycles. The number of carbonyl (C=O) groups is 1. The number of fused-ring (bicyclic) bond motifs is 1. The van der Waals surface area contributed by atoms with Gasteiger partial charge < -0.3 is 30.9 Å². The van der Waals surface area contributed by atoms with Crippen molar-refractivity contribution in [3.05, 3.63) is 0 Å².